The highest BCUT2D eigenvalue weighted by molar-refractivity contribution is 5.89. The summed E-state index contributed by atoms with van der Waals surface area (Å²) in [6.45, 7) is 7.50. The smallest absolute Gasteiger partial charge is 0.408 e. The quantitative estimate of drug-likeness (QED) is 0.390. The zero-order valence-corrected chi connectivity index (χ0v) is 19.3. The third kappa shape index (κ3) is 10.2. The first-order valence-corrected chi connectivity index (χ1v) is 10.8. The Morgan fingerprint density at radius 1 is 1.06 bits per heavy atom. The molecule has 2 N–H and O–H groups in total. The normalized spacial score (nSPS) is 17.5. The fourth-order valence-electron chi connectivity index (χ4n) is 3.06. The summed E-state index contributed by atoms with van der Waals surface area (Å²) in [6.07, 6.45) is -0.248. The number of amides is 1. The topological polar surface area (TPSA) is 103 Å². The van der Waals surface area contributed by atoms with Gasteiger partial charge >= 0.3 is 12.1 Å². The molecule has 1 saturated heterocycles. The van der Waals surface area contributed by atoms with E-state index < -0.39 is 11.7 Å². The van der Waals surface area contributed by atoms with Gasteiger partial charge in [-0.05, 0) is 51.4 Å². The Morgan fingerprint density at radius 3 is 2.30 bits per heavy atom. The molecule has 1 amide bonds. The largest absolute Gasteiger partial charge is 0.463 e. The van der Waals surface area contributed by atoms with E-state index in [4.69, 9.17) is 9.47 Å². The molecule has 1 fully saturated rings. The molecular formula is C25H32N2O6. The van der Waals surface area contributed by atoms with Gasteiger partial charge in [0.1, 0.15) is 18.3 Å². The summed E-state index contributed by atoms with van der Waals surface area (Å²) < 4.78 is 15.4. The summed E-state index contributed by atoms with van der Waals surface area (Å²) in [5.41, 5.74) is 0.944. The lowest BCUT2D eigenvalue weighted by Gasteiger charge is -2.32. The lowest BCUT2D eigenvalue weighted by molar-refractivity contribution is -0.129. The summed E-state index contributed by atoms with van der Waals surface area (Å²) in [6, 6.07) is 18.1. The van der Waals surface area contributed by atoms with Gasteiger partial charge in [0.15, 0.2) is 0 Å². The predicted molar refractivity (Wildman–Crippen MR) is 124 cm³/mol. The Bertz CT molecular complexity index is 867. The highest BCUT2D eigenvalue weighted by Crippen LogP contribution is 2.14. The lowest BCUT2D eigenvalue weighted by atomic mass is 10.0. The van der Waals surface area contributed by atoms with Crippen LogP contribution in [0.1, 0.15) is 43.1 Å². The van der Waals surface area contributed by atoms with Gasteiger partial charge in [-0.1, -0.05) is 48.5 Å². The van der Waals surface area contributed by atoms with Crippen molar-refractivity contribution in [3.8, 4) is 0 Å². The van der Waals surface area contributed by atoms with Gasteiger partial charge in [-0.2, -0.15) is 0 Å². The number of benzene rings is 2. The van der Waals surface area contributed by atoms with Crippen LogP contribution < -0.4 is 10.6 Å². The molecule has 0 aromatic heterocycles. The van der Waals surface area contributed by atoms with Gasteiger partial charge in [0.2, 0.25) is 0 Å². The van der Waals surface area contributed by atoms with Crippen LogP contribution in [-0.2, 0) is 25.6 Å². The highest BCUT2D eigenvalue weighted by Gasteiger charge is 2.31. The second kappa shape index (κ2) is 13.2. The van der Waals surface area contributed by atoms with E-state index in [1.165, 1.54) is 0 Å². The van der Waals surface area contributed by atoms with Crippen molar-refractivity contribution in [1.82, 2.24) is 10.6 Å². The van der Waals surface area contributed by atoms with Crippen LogP contribution in [0.5, 0.6) is 0 Å². The van der Waals surface area contributed by atoms with Crippen LogP contribution in [0.25, 0.3) is 0 Å². The van der Waals surface area contributed by atoms with Crippen molar-refractivity contribution in [3.05, 3.63) is 71.8 Å². The molecule has 178 valence electrons. The van der Waals surface area contributed by atoms with Crippen molar-refractivity contribution in [2.45, 2.75) is 51.5 Å². The molecule has 0 bridgehead atoms. The van der Waals surface area contributed by atoms with Crippen molar-refractivity contribution < 1.29 is 28.6 Å². The molecule has 3 rings (SSSR count). The van der Waals surface area contributed by atoms with E-state index in [0.29, 0.717) is 31.6 Å². The SMILES string of the molecule is CC(C)(C)OC(=O)N[C@@H]1CNCC[C@@H]1OC(=O)c1ccccc1.O=COCc1ccccc1. The van der Waals surface area contributed by atoms with Crippen LogP contribution in [0.15, 0.2) is 60.7 Å². The van der Waals surface area contributed by atoms with E-state index in [1.54, 1.807) is 45.0 Å². The van der Waals surface area contributed by atoms with Crippen LogP contribution in [0.4, 0.5) is 4.79 Å². The first kappa shape index (κ1) is 25.9. The van der Waals surface area contributed by atoms with E-state index in [0.717, 1.165) is 12.1 Å². The molecule has 8 heteroatoms. The van der Waals surface area contributed by atoms with Crippen molar-refractivity contribution in [2.75, 3.05) is 13.1 Å². The number of esters is 1. The standard InChI is InChI=1S/C17H24N2O4.C8H8O2/c1-17(2,3)23-16(21)19-13-11-18-10-9-14(13)22-15(20)12-7-5-4-6-8-12;9-7-10-6-8-4-2-1-3-5-8/h4-8,13-14,18H,9-11H2,1-3H3,(H,19,21);1-5,7H,6H2/t13-,14+;/m1./s1. The van der Waals surface area contributed by atoms with Crippen LogP contribution in [0.3, 0.4) is 0 Å². The first-order valence-electron chi connectivity index (χ1n) is 10.8. The molecule has 33 heavy (non-hydrogen) atoms. The van der Waals surface area contributed by atoms with Crippen LogP contribution in [-0.4, -0.2) is 49.4 Å². The van der Waals surface area contributed by atoms with Crippen LogP contribution in [0.2, 0.25) is 0 Å². The number of ether oxygens (including phenoxy) is 3. The summed E-state index contributed by atoms with van der Waals surface area (Å²) in [7, 11) is 0. The summed E-state index contributed by atoms with van der Waals surface area (Å²) in [5.74, 6) is -0.381. The molecule has 0 saturated carbocycles. The molecular weight excluding hydrogens is 424 g/mol. The lowest BCUT2D eigenvalue weighted by Crippen LogP contribution is -2.55. The van der Waals surface area contributed by atoms with Crippen molar-refractivity contribution in [3.63, 3.8) is 0 Å². The van der Waals surface area contributed by atoms with Crippen molar-refractivity contribution >= 4 is 18.5 Å². The fourth-order valence-corrected chi connectivity index (χ4v) is 3.06. The minimum Gasteiger partial charge on any atom is -0.463 e. The number of rotatable bonds is 6. The second-order valence-corrected chi connectivity index (χ2v) is 8.45. The van der Waals surface area contributed by atoms with E-state index in [2.05, 4.69) is 15.4 Å². The molecule has 1 heterocycles. The molecule has 0 radical (unpaired) electrons. The van der Waals surface area contributed by atoms with E-state index in [9.17, 15) is 14.4 Å². The maximum atomic E-state index is 12.2. The van der Waals surface area contributed by atoms with Crippen molar-refractivity contribution in [1.29, 1.82) is 0 Å². The average Bonchev–Trinajstić information content (AvgIpc) is 2.79. The van der Waals surface area contributed by atoms with Gasteiger partial charge < -0.3 is 24.8 Å². The molecule has 1 aliphatic heterocycles. The Balaban J connectivity index is 0.000000321. The molecule has 0 aliphatic carbocycles. The van der Waals surface area contributed by atoms with Gasteiger partial charge in [0, 0.05) is 6.54 Å². The zero-order valence-electron chi connectivity index (χ0n) is 19.3. The Labute approximate surface area is 194 Å². The van der Waals surface area contributed by atoms with Gasteiger partial charge in [0.05, 0.1) is 11.6 Å². The van der Waals surface area contributed by atoms with Crippen LogP contribution in [0, 0.1) is 0 Å². The van der Waals surface area contributed by atoms with Gasteiger partial charge in [-0.3, -0.25) is 4.79 Å². The van der Waals surface area contributed by atoms with Gasteiger partial charge in [-0.15, -0.1) is 0 Å². The Kier molecular flexibility index (Phi) is 10.4. The number of piperidine rings is 1. The van der Waals surface area contributed by atoms with E-state index >= 15 is 0 Å². The summed E-state index contributed by atoms with van der Waals surface area (Å²) >= 11 is 0. The van der Waals surface area contributed by atoms with Gasteiger partial charge in [0.25, 0.3) is 6.47 Å². The molecule has 0 spiro atoms. The number of carbonyl (C=O) groups excluding carboxylic acids is 3. The minimum absolute atomic E-state index is 0.314. The monoisotopic (exact) mass is 456 g/mol. The average molecular weight is 457 g/mol. The summed E-state index contributed by atoms with van der Waals surface area (Å²) in [4.78, 5) is 33.9. The second-order valence-electron chi connectivity index (χ2n) is 8.45. The molecule has 2 atom stereocenters. The van der Waals surface area contributed by atoms with E-state index in [1.807, 2.05) is 36.4 Å². The maximum absolute atomic E-state index is 12.2. The fraction of sp³-hybridized carbons (Fsp3) is 0.400. The summed E-state index contributed by atoms with van der Waals surface area (Å²) in [5, 5.41) is 5.97. The minimum atomic E-state index is -0.567. The maximum Gasteiger partial charge on any atom is 0.408 e. The number of nitrogens with one attached hydrogen (secondary N) is 2. The van der Waals surface area contributed by atoms with E-state index in [-0.39, 0.29) is 18.1 Å². The van der Waals surface area contributed by atoms with Crippen molar-refractivity contribution in [2.24, 2.45) is 0 Å². The first-order chi connectivity index (χ1) is 15.8. The third-order valence-corrected chi connectivity index (χ3v) is 4.55. The van der Waals surface area contributed by atoms with Gasteiger partial charge in [-0.25, -0.2) is 9.59 Å². The third-order valence-electron chi connectivity index (χ3n) is 4.55. The number of alkyl carbamates (subject to hydrolysis) is 1. The zero-order chi connectivity index (χ0) is 24.1. The predicted octanol–water partition coefficient (Wildman–Crippen LogP) is 3.46. The molecule has 2 aromatic rings. The Hall–Kier alpha value is -3.39. The number of carbonyl (C=O) groups is 3. The number of hydrogen-bond donors (Lipinski definition) is 2. The number of hydrogen-bond acceptors (Lipinski definition) is 7. The molecule has 1 aliphatic rings. The highest BCUT2D eigenvalue weighted by atomic mass is 16.6. The molecule has 8 nitrogen and oxygen atoms in total. The van der Waals surface area contributed by atoms with Crippen LogP contribution >= 0.6 is 0 Å². The molecule has 0 unspecified atom stereocenters. The molecule has 2 aromatic carbocycles. The Morgan fingerprint density at radius 2 is 1.70 bits per heavy atom.